The summed E-state index contributed by atoms with van der Waals surface area (Å²) in [5, 5.41) is 6.76. The van der Waals surface area contributed by atoms with Crippen LogP contribution >= 0.6 is 0 Å². The number of nitrogens with one attached hydrogen (secondary N) is 2. The van der Waals surface area contributed by atoms with Crippen LogP contribution in [-0.2, 0) is 12.8 Å². The standard InChI is InChI=1S/C33H50N4.C15H19N.C6H14.C2H2/c1-9-19-37(20-10-2)25(7)21-27-13-17-30(18-14-27)35-23-36-32-22-29(16-15-28(32)11-3)31(12-4)26(8)33(34)24(5)6;1-11-4-7-14(8-5-11)10-15-9-6-12(2)16-13(15)3;1-4-6(3)5-2;1-2/h11-14,17-18,29,35H,4,7,9-10,15-16,19-23,34H2,1-3,5-6,8H3;4-5,7-8,15-16H,2-3,6,9-10H2,1H3;6H,4-5H2,1-3H3;1-2H/b28-11-,31-26+,36-32-;;;. The third kappa shape index (κ3) is 19.5. The summed E-state index contributed by atoms with van der Waals surface area (Å²) in [7, 11) is 0. The van der Waals surface area contributed by atoms with Crippen molar-refractivity contribution in [2.45, 2.75) is 140 Å². The van der Waals surface area contributed by atoms with Gasteiger partial charge in [0.05, 0.1) is 0 Å². The topological polar surface area (TPSA) is 65.7 Å². The van der Waals surface area contributed by atoms with Crippen molar-refractivity contribution in [2.75, 3.05) is 25.1 Å². The molecular formula is C56H85N5. The number of hydrogen-bond acceptors (Lipinski definition) is 5. The highest BCUT2D eigenvalue weighted by atomic mass is 15.1. The number of anilines is 1. The maximum absolute atomic E-state index is 6.37. The highest BCUT2D eigenvalue weighted by Gasteiger charge is 2.25. The van der Waals surface area contributed by atoms with Gasteiger partial charge in [-0.3, -0.25) is 4.99 Å². The van der Waals surface area contributed by atoms with Gasteiger partial charge in [-0.25, -0.2) is 0 Å². The molecule has 0 spiro atoms. The molecule has 2 unspecified atom stereocenters. The van der Waals surface area contributed by atoms with E-state index in [0.717, 1.165) is 104 Å². The zero-order valence-corrected chi connectivity index (χ0v) is 40.4. The highest BCUT2D eigenvalue weighted by Crippen LogP contribution is 2.35. The predicted molar refractivity (Wildman–Crippen MR) is 273 cm³/mol. The zero-order chi connectivity index (χ0) is 45.9. The molecule has 2 atom stereocenters. The van der Waals surface area contributed by atoms with E-state index < -0.39 is 0 Å². The fourth-order valence-electron chi connectivity index (χ4n) is 7.56. The van der Waals surface area contributed by atoms with E-state index >= 15 is 0 Å². The summed E-state index contributed by atoms with van der Waals surface area (Å²) in [4.78, 5) is 7.41. The van der Waals surface area contributed by atoms with E-state index in [-0.39, 0.29) is 0 Å². The Labute approximate surface area is 375 Å². The molecule has 1 aliphatic carbocycles. The summed E-state index contributed by atoms with van der Waals surface area (Å²) in [6.45, 7) is 40.9. The van der Waals surface area contributed by atoms with E-state index in [1.54, 1.807) is 0 Å². The minimum absolute atomic E-state index is 0.394. The second kappa shape index (κ2) is 30.1. The quantitative estimate of drug-likeness (QED) is 0.110. The molecule has 0 bridgehead atoms. The molecule has 5 heteroatoms. The van der Waals surface area contributed by atoms with Crippen LogP contribution < -0.4 is 16.4 Å². The molecule has 2 fully saturated rings. The lowest BCUT2D eigenvalue weighted by atomic mass is 9.78. The predicted octanol–water partition coefficient (Wildman–Crippen LogP) is 14.4. The Bertz CT molecular complexity index is 1780. The molecule has 2 aliphatic rings. The van der Waals surface area contributed by atoms with Crippen molar-refractivity contribution >= 4 is 11.4 Å². The van der Waals surface area contributed by atoms with Crippen LogP contribution in [-0.4, -0.2) is 30.4 Å². The van der Waals surface area contributed by atoms with Crippen LogP contribution in [0.15, 0.2) is 137 Å². The number of nitrogens with two attached hydrogens (primary N) is 1. The van der Waals surface area contributed by atoms with E-state index in [0.29, 0.717) is 18.5 Å². The van der Waals surface area contributed by atoms with E-state index in [1.165, 1.54) is 58.5 Å². The van der Waals surface area contributed by atoms with Crippen molar-refractivity contribution in [3.05, 3.63) is 149 Å². The Morgan fingerprint density at radius 1 is 0.934 bits per heavy atom. The second-order valence-corrected chi connectivity index (χ2v) is 16.9. The molecule has 2 aromatic carbocycles. The van der Waals surface area contributed by atoms with Crippen LogP contribution in [0, 0.1) is 37.5 Å². The van der Waals surface area contributed by atoms with E-state index in [1.807, 2.05) is 6.08 Å². The lowest BCUT2D eigenvalue weighted by Crippen LogP contribution is -2.26. The smallest absolute Gasteiger partial charge is 0.108 e. The Hall–Kier alpha value is -4.95. The van der Waals surface area contributed by atoms with Crippen molar-refractivity contribution in [1.29, 1.82) is 0 Å². The van der Waals surface area contributed by atoms with Crippen LogP contribution in [0.4, 0.5) is 5.69 Å². The maximum Gasteiger partial charge on any atom is 0.108 e. The number of benzene rings is 2. The molecule has 61 heavy (non-hydrogen) atoms. The molecule has 0 aromatic heterocycles. The Morgan fingerprint density at radius 3 is 2.02 bits per heavy atom. The lowest BCUT2D eigenvalue weighted by Gasteiger charge is -2.28. The average molecular weight is 828 g/mol. The van der Waals surface area contributed by atoms with Gasteiger partial charge in [-0.05, 0) is 138 Å². The van der Waals surface area contributed by atoms with Gasteiger partial charge >= 0.3 is 0 Å². The third-order valence-corrected chi connectivity index (χ3v) is 11.9. The van der Waals surface area contributed by atoms with E-state index in [9.17, 15) is 0 Å². The third-order valence-electron chi connectivity index (χ3n) is 11.9. The summed E-state index contributed by atoms with van der Waals surface area (Å²) in [6.07, 6.45) is 24.4. The lowest BCUT2D eigenvalue weighted by molar-refractivity contribution is 0.339. The SMILES string of the molecule is C#C.C=C/C(=C(/C)C(N)=C(C)C)C1CCC(=C/C)/C(=N\CNc2ccc(CC(=C)N(CCC)CCC)cc2)C1.C=C1CCC(Cc2ccc(C)cc2)C(=C)N1.CCC(C)CC. The Balaban J connectivity index is 0.000000631. The van der Waals surface area contributed by atoms with Crippen LogP contribution in [0.25, 0.3) is 0 Å². The number of terminal acetylenes is 1. The monoisotopic (exact) mass is 828 g/mol. The van der Waals surface area contributed by atoms with Gasteiger partial charge in [0, 0.05) is 59.6 Å². The molecule has 2 aromatic rings. The summed E-state index contributed by atoms with van der Waals surface area (Å²) in [5.41, 5.74) is 21.9. The minimum Gasteiger partial charge on any atom is -0.399 e. The summed E-state index contributed by atoms with van der Waals surface area (Å²) < 4.78 is 0. The van der Waals surface area contributed by atoms with Gasteiger partial charge in [0.15, 0.2) is 0 Å². The highest BCUT2D eigenvalue weighted by molar-refractivity contribution is 6.01. The first kappa shape index (κ1) is 54.1. The molecule has 4 N–H and O–H groups in total. The molecule has 334 valence electrons. The first-order valence-corrected chi connectivity index (χ1v) is 22.9. The van der Waals surface area contributed by atoms with Crippen molar-refractivity contribution in [1.82, 2.24) is 10.2 Å². The molecular weight excluding hydrogens is 743 g/mol. The average Bonchev–Trinajstić information content (AvgIpc) is 3.26. The Morgan fingerprint density at radius 2 is 1.52 bits per heavy atom. The largest absolute Gasteiger partial charge is 0.399 e. The number of piperidine rings is 1. The first-order valence-electron chi connectivity index (χ1n) is 22.9. The number of rotatable bonds is 17. The summed E-state index contributed by atoms with van der Waals surface area (Å²) >= 11 is 0. The first-order chi connectivity index (χ1) is 29.2. The van der Waals surface area contributed by atoms with Gasteiger partial charge in [0.2, 0.25) is 0 Å². The fraction of sp³-hybridized carbons (Fsp3) is 0.482. The zero-order valence-electron chi connectivity index (χ0n) is 40.4. The second-order valence-electron chi connectivity index (χ2n) is 16.9. The number of nitrogens with zero attached hydrogens (tertiary/aromatic N) is 2. The van der Waals surface area contributed by atoms with Crippen molar-refractivity contribution in [2.24, 2.45) is 28.5 Å². The van der Waals surface area contributed by atoms with Gasteiger partial charge in [-0.1, -0.05) is 133 Å². The van der Waals surface area contributed by atoms with Crippen LogP contribution in [0.2, 0.25) is 0 Å². The summed E-state index contributed by atoms with van der Waals surface area (Å²) in [6, 6.07) is 17.5. The van der Waals surface area contributed by atoms with Crippen molar-refractivity contribution < 1.29 is 0 Å². The molecule has 1 saturated heterocycles. The van der Waals surface area contributed by atoms with Gasteiger partial charge in [0.25, 0.3) is 0 Å². The van der Waals surface area contributed by atoms with E-state index in [4.69, 9.17) is 10.7 Å². The fourth-order valence-corrected chi connectivity index (χ4v) is 7.56. The van der Waals surface area contributed by atoms with Crippen molar-refractivity contribution in [3.8, 4) is 12.8 Å². The van der Waals surface area contributed by atoms with Gasteiger partial charge in [-0.15, -0.1) is 12.8 Å². The molecule has 1 saturated carbocycles. The van der Waals surface area contributed by atoms with Gasteiger partial charge < -0.3 is 21.3 Å². The van der Waals surface area contributed by atoms with E-state index in [2.05, 4.69) is 179 Å². The molecule has 5 nitrogen and oxygen atoms in total. The van der Waals surface area contributed by atoms with Gasteiger partial charge in [-0.2, -0.15) is 0 Å². The van der Waals surface area contributed by atoms with Crippen LogP contribution in [0.1, 0.15) is 137 Å². The molecule has 4 rings (SSSR count). The number of hydrogen-bond donors (Lipinski definition) is 3. The normalized spacial score (nSPS) is 17.6. The minimum atomic E-state index is 0.394. The molecule has 0 amide bonds. The maximum atomic E-state index is 6.37. The number of aliphatic imine (C=N–C) groups is 1. The van der Waals surface area contributed by atoms with Gasteiger partial charge in [0.1, 0.15) is 6.67 Å². The van der Waals surface area contributed by atoms with Crippen molar-refractivity contribution in [3.63, 3.8) is 0 Å². The van der Waals surface area contributed by atoms with Crippen LogP contribution in [0.5, 0.6) is 0 Å². The molecule has 1 heterocycles. The number of aryl methyl sites for hydroxylation is 1. The molecule has 0 radical (unpaired) electrons. The summed E-state index contributed by atoms with van der Waals surface area (Å²) in [5.74, 6) is 1.88. The van der Waals surface area contributed by atoms with Crippen LogP contribution in [0.3, 0.4) is 0 Å². The Kier molecular flexibility index (Phi) is 26.7. The number of allylic oxidation sites excluding steroid dienone is 9. The molecule has 1 aliphatic heterocycles.